The van der Waals surface area contributed by atoms with E-state index in [-0.39, 0.29) is 6.54 Å². The number of nitrogens with zero attached hydrogens (tertiary/aromatic N) is 2. The summed E-state index contributed by atoms with van der Waals surface area (Å²) in [5.41, 5.74) is 3.30. The van der Waals surface area contributed by atoms with E-state index in [4.69, 9.17) is 9.47 Å². The maximum absolute atomic E-state index is 12.9. The van der Waals surface area contributed by atoms with Crippen LogP contribution in [0.4, 0.5) is 4.79 Å². The fourth-order valence-corrected chi connectivity index (χ4v) is 3.73. The summed E-state index contributed by atoms with van der Waals surface area (Å²) in [5, 5.41) is 3.48. The number of benzene rings is 2. The van der Waals surface area contributed by atoms with E-state index in [9.17, 15) is 14.4 Å². The van der Waals surface area contributed by atoms with Crippen LogP contribution in [0.2, 0.25) is 0 Å². The van der Waals surface area contributed by atoms with Crippen LogP contribution in [-0.2, 0) is 22.6 Å². The second-order valence-corrected chi connectivity index (χ2v) is 8.27. The van der Waals surface area contributed by atoms with Gasteiger partial charge >= 0.3 is 6.03 Å². The highest BCUT2D eigenvalue weighted by Crippen LogP contribution is 2.25. The van der Waals surface area contributed by atoms with Crippen LogP contribution in [-0.4, -0.2) is 61.1 Å². The lowest BCUT2D eigenvalue weighted by Crippen LogP contribution is -2.51. The zero-order valence-electron chi connectivity index (χ0n) is 19.4. The summed E-state index contributed by atoms with van der Waals surface area (Å²) in [7, 11) is 4.91. The molecule has 1 atom stereocenters. The van der Waals surface area contributed by atoms with E-state index in [1.54, 1.807) is 39.2 Å². The van der Waals surface area contributed by atoms with Gasteiger partial charge in [-0.25, -0.2) is 4.79 Å². The Balaban J connectivity index is 1.56. The quantitative estimate of drug-likeness (QED) is 0.534. The third kappa shape index (κ3) is 5.81. The predicted octanol–water partition coefficient (Wildman–Crippen LogP) is 2.11. The molecule has 1 heterocycles. The van der Waals surface area contributed by atoms with Crippen molar-refractivity contribution in [1.82, 2.24) is 20.7 Å². The first-order chi connectivity index (χ1) is 15.8. The molecule has 0 saturated carbocycles. The second kappa shape index (κ2) is 10.4. The van der Waals surface area contributed by atoms with Crippen LogP contribution in [0.15, 0.2) is 48.5 Å². The molecular weight excluding hydrogens is 424 g/mol. The van der Waals surface area contributed by atoms with Gasteiger partial charge in [0.15, 0.2) is 0 Å². The molecule has 2 aromatic rings. The van der Waals surface area contributed by atoms with Crippen LogP contribution in [0, 0.1) is 0 Å². The van der Waals surface area contributed by atoms with Crippen LogP contribution >= 0.6 is 0 Å². The summed E-state index contributed by atoms with van der Waals surface area (Å²) < 4.78 is 10.6. The predicted molar refractivity (Wildman–Crippen MR) is 123 cm³/mol. The topological polar surface area (TPSA) is 100 Å². The molecule has 1 aliphatic rings. The molecule has 33 heavy (non-hydrogen) atoms. The number of carbonyl (C=O) groups is 3. The van der Waals surface area contributed by atoms with Gasteiger partial charge in [-0.15, -0.1) is 0 Å². The molecule has 4 amide bonds. The number of ether oxygens (including phenoxy) is 2. The number of hydrogen-bond donors (Lipinski definition) is 2. The monoisotopic (exact) mass is 454 g/mol. The number of likely N-dealkylation sites (N-methyl/N-ethyl adjacent to an activating group) is 1. The van der Waals surface area contributed by atoms with Gasteiger partial charge in [-0.1, -0.05) is 36.4 Å². The number of nitrogens with one attached hydrogen (secondary N) is 2. The van der Waals surface area contributed by atoms with Crippen molar-refractivity contribution < 1.29 is 23.9 Å². The standard InChI is InChI=1S/C24H30N4O5/c1-24(13-12-17-8-6-5-7-9-17)22(30)28(23(31)25-24)26-21(29)16-27(2)15-18-10-11-19(32-3)14-20(18)33-4/h5-11,14H,12-13,15-16H2,1-4H3,(H,25,31)(H,26,29). The molecule has 3 rings (SSSR count). The summed E-state index contributed by atoms with van der Waals surface area (Å²) >= 11 is 0. The molecule has 1 aliphatic heterocycles. The van der Waals surface area contributed by atoms with Crippen molar-refractivity contribution in [1.29, 1.82) is 0 Å². The molecule has 0 bridgehead atoms. The highest BCUT2D eigenvalue weighted by Gasteiger charge is 2.48. The Kier molecular flexibility index (Phi) is 7.55. The number of methoxy groups -OCH3 is 2. The van der Waals surface area contributed by atoms with Crippen molar-refractivity contribution in [2.45, 2.75) is 31.8 Å². The van der Waals surface area contributed by atoms with Crippen LogP contribution in [0.3, 0.4) is 0 Å². The zero-order valence-corrected chi connectivity index (χ0v) is 19.4. The average molecular weight is 455 g/mol. The lowest BCUT2D eigenvalue weighted by Gasteiger charge is -2.22. The van der Waals surface area contributed by atoms with E-state index < -0.39 is 23.4 Å². The minimum absolute atomic E-state index is 0.0209. The third-order valence-electron chi connectivity index (χ3n) is 5.60. The minimum Gasteiger partial charge on any atom is -0.497 e. The molecule has 2 aromatic carbocycles. The smallest absolute Gasteiger partial charge is 0.344 e. The summed E-state index contributed by atoms with van der Waals surface area (Å²) in [6.45, 7) is 2.08. The van der Waals surface area contributed by atoms with Crippen LogP contribution in [0.5, 0.6) is 11.5 Å². The third-order valence-corrected chi connectivity index (χ3v) is 5.60. The molecule has 0 aliphatic carbocycles. The molecule has 2 N–H and O–H groups in total. The van der Waals surface area contributed by atoms with Crippen molar-refractivity contribution in [2.75, 3.05) is 27.8 Å². The normalized spacial score (nSPS) is 17.8. The van der Waals surface area contributed by atoms with Crippen molar-refractivity contribution in [2.24, 2.45) is 0 Å². The molecule has 1 unspecified atom stereocenters. The first-order valence-electron chi connectivity index (χ1n) is 10.7. The van der Waals surface area contributed by atoms with Gasteiger partial charge in [0.1, 0.15) is 17.0 Å². The number of urea groups is 1. The molecule has 176 valence electrons. The van der Waals surface area contributed by atoms with Crippen molar-refractivity contribution in [3.05, 3.63) is 59.7 Å². The summed E-state index contributed by atoms with van der Waals surface area (Å²) in [6.07, 6.45) is 1.04. The fourth-order valence-electron chi connectivity index (χ4n) is 3.73. The maximum atomic E-state index is 12.9. The Labute approximate surface area is 193 Å². The number of carbonyl (C=O) groups excluding carboxylic acids is 3. The molecule has 0 spiro atoms. The first kappa shape index (κ1) is 24.1. The fraction of sp³-hybridized carbons (Fsp3) is 0.375. The molecule has 9 nitrogen and oxygen atoms in total. The molecule has 0 radical (unpaired) electrons. The number of amides is 4. The number of aryl methyl sites for hydroxylation is 1. The highest BCUT2D eigenvalue weighted by molar-refractivity contribution is 6.07. The SMILES string of the molecule is COc1ccc(CN(C)CC(=O)NN2C(=O)NC(C)(CCc3ccccc3)C2=O)c(OC)c1. The van der Waals surface area contributed by atoms with Gasteiger partial charge in [-0.2, -0.15) is 5.01 Å². The van der Waals surface area contributed by atoms with E-state index in [2.05, 4.69) is 10.7 Å². The summed E-state index contributed by atoms with van der Waals surface area (Å²) in [5.74, 6) is 0.367. The number of imide groups is 1. The molecule has 9 heteroatoms. The van der Waals surface area contributed by atoms with Gasteiger partial charge in [0.2, 0.25) is 0 Å². The molecule has 0 aromatic heterocycles. The van der Waals surface area contributed by atoms with Crippen LogP contribution in [0.25, 0.3) is 0 Å². The largest absolute Gasteiger partial charge is 0.497 e. The number of hydrazine groups is 1. The van der Waals surface area contributed by atoms with Gasteiger partial charge in [0.25, 0.3) is 11.8 Å². The summed E-state index contributed by atoms with van der Waals surface area (Å²) in [6, 6.07) is 14.5. The first-order valence-corrected chi connectivity index (χ1v) is 10.7. The van der Waals surface area contributed by atoms with E-state index in [1.165, 1.54) is 0 Å². The van der Waals surface area contributed by atoms with E-state index in [1.807, 2.05) is 42.5 Å². The van der Waals surface area contributed by atoms with Gasteiger partial charge < -0.3 is 14.8 Å². The molecule has 1 saturated heterocycles. The maximum Gasteiger partial charge on any atom is 0.344 e. The molecule has 1 fully saturated rings. The highest BCUT2D eigenvalue weighted by atomic mass is 16.5. The van der Waals surface area contributed by atoms with Crippen molar-refractivity contribution in [3.63, 3.8) is 0 Å². The Morgan fingerprint density at radius 2 is 1.85 bits per heavy atom. The Morgan fingerprint density at radius 1 is 1.12 bits per heavy atom. The zero-order chi connectivity index (χ0) is 24.0. The van der Waals surface area contributed by atoms with Gasteiger partial charge in [-0.3, -0.25) is 19.9 Å². The number of hydrogen-bond acceptors (Lipinski definition) is 6. The van der Waals surface area contributed by atoms with E-state index in [0.717, 1.165) is 16.1 Å². The van der Waals surface area contributed by atoms with Crippen LogP contribution < -0.4 is 20.2 Å². The Morgan fingerprint density at radius 3 is 2.52 bits per heavy atom. The van der Waals surface area contributed by atoms with E-state index in [0.29, 0.717) is 30.9 Å². The van der Waals surface area contributed by atoms with Gasteiger partial charge in [-0.05, 0) is 38.4 Å². The minimum atomic E-state index is -1.08. The van der Waals surface area contributed by atoms with Crippen molar-refractivity contribution in [3.8, 4) is 11.5 Å². The Bertz CT molecular complexity index is 1010. The van der Waals surface area contributed by atoms with Gasteiger partial charge in [0, 0.05) is 18.2 Å². The lowest BCUT2D eigenvalue weighted by molar-refractivity contribution is -0.139. The number of rotatable bonds is 10. The van der Waals surface area contributed by atoms with Gasteiger partial charge in [0.05, 0.1) is 20.8 Å². The molecular formula is C24H30N4O5. The van der Waals surface area contributed by atoms with E-state index >= 15 is 0 Å². The summed E-state index contributed by atoms with van der Waals surface area (Å²) in [4.78, 5) is 39.6. The van der Waals surface area contributed by atoms with Crippen LogP contribution in [0.1, 0.15) is 24.5 Å². The lowest BCUT2D eigenvalue weighted by atomic mass is 9.93. The Hall–Kier alpha value is -3.59. The second-order valence-electron chi connectivity index (χ2n) is 8.27. The average Bonchev–Trinajstić information content (AvgIpc) is 3.01. The van der Waals surface area contributed by atoms with Crippen molar-refractivity contribution >= 4 is 17.8 Å².